The van der Waals surface area contributed by atoms with E-state index in [1.807, 2.05) is 24.3 Å². The first-order valence-electron chi connectivity index (χ1n) is 12.4. The maximum atomic E-state index is 12.6. The third kappa shape index (κ3) is 11.5. The van der Waals surface area contributed by atoms with Crippen molar-refractivity contribution in [2.24, 2.45) is 0 Å². The zero-order valence-corrected chi connectivity index (χ0v) is 25.7. The highest BCUT2D eigenvalue weighted by Crippen LogP contribution is 2.36. The Hall–Kier alpha value is -1.16. The van der Waals surface area contributed by atoms with E-state index in [-0.39, 0.29) is 16.4 Å². The molecule has 0 fully saturated rings. The molecular weight excluding hydrogens is 477 g/mol. The number of rotatable bonds is 14. The van der Waals surface area contributed by atoms with Gasteiger partial charge in [-0.15, -0.1) is 11.8 Å². The topological polar surface area (TPSA) is 52.6 Å². The third-order valence-electron chi connectivity index (χ3n) is 6.22. The first-order valence-corrected chi connectivity index (χ1v) is 20.0. The van der Waals surface area contributed by atoms with Gasteiger partial charge in [-0.2, -0.15) is 0 Å². The number of unbranched alkanes of at least 4 members (excludes halogenated alkanes) is 2. The summed E-state index contributed by atoms with van der Waals surface area (Å²) in [7, 11) is -2.97. The summed E-state index contributed by atoms with van der Waals surface area (Å²) in [5, 5.41) is 0.250. The van der Waals surface area contributed by atoms with Crippen molar-refractivity contribution in [1.29, 1.82) is 0 Å². The van der Waals surface area contributed by atoms with Gasteiger partial charge < -0.3 is 9.16 Å². The van der Waals surface area contributed by atoms with Crippen LogP contribution in [0.25, 0.3) is 6.08 Å². The van der Waals surface area contributed by atoms with Crippen molar-refractivity contribution < 1.29 is 18.8 Å². The van der Waals surface area contributed by atoms with Gasteiger partial charge in [0, 0.05) is 19.6 Å². The molecule has 0 spiro atoms. The molecule has 0 aromatic heterocycles. The molecule has 0 saturated carbocycles. The number of thioether (sulfide) groups is 1. The summed E-state index contributed by atoms with van der Waals surface area (Å²) in [6, 6.07) is 8.81. The second-order valence-corrected chi connectivity index (χ2v) is 23.2. The number of hydrogen-bond acceptors (Lipinski definition) is 5. The molecule has 1 aromatic carbocycles. The molecule has 0 aliphatic heterocycles. The Kier molecular flexibility index (Phi) is 12.5. The fourth-order valence-corrected chi connectivity index (χ4v) is 5.66. The third-order valence-corrected chi connectivity index (χ3v) is 13.6. The van der Waals surface area contributed by atoms with Gasteiger partial charge in [0.05, 0.1) is 6.61 Å². The first kappa shape index (κ1) is 30.9. The predicted octanol–water partition coefficient (Wildman–Crippen LogP) is 7.82. The molecule has 1 rings (SSSR count). The molecule has 0 saturated heterocycles. The first-order chi connectivity index (χ1) is 15.6. The van der Waals surface area contributed by atoms with E-state index in [1.54, 1.807) is 17.8 Å². The van der Waals surface area contributed by atoms with Crippen LogP contribution < -0.4 is 0 Å². The summed E-state index contributed by atoms with van der Waals surface area (Å²) < 4.78 is 11.7. The maximum Gasteiger partial charge on any atom is 0.341 e. The molecular formula is C27H46O4SSi2. The average Bonchev–Trinajstić information content (AvgIpc) is 2.69. The van der Waals surface area contributed by atoms with Crippen LogP contribution in [0.5, 0.6) is 0 Å². The van der Waals surface area contributed by atoms with Gasteiger partial charge in [0.1, 0.15) is 5.57 Å². The number of benzene rings is 1. The minimum atomic E-state index is -1.66. The minimum absolute atomic E-state index is 0.117. The van der Waals surface area contributed by atoms with Crippen LogP contribution in [0.15, 0.2) is 34.7 Å². The lowest BCUT2D eigenvalue weighted by Crippen LogP contribution is -2.40. The molecule has 34 heavy (non-hydrogen) atoms. The standard InChI is InChI=1S/C27H46O4SSi2/c1-22(28)24(26(29)30-18-20-33(5,6)7)21-23-15-11-12-16-25(23)32-19-14-10-13-17-31-34(8,9)27(2,3)4/h11-12,15-16,21H,10,13-14,17-20H2,1-9H3/b24-21-. The van der Waals surface area contributed by atoms with Gasteiger partial charge in [-0.05, 0) is 67.4 Å². The van der Waals surface area contributed by atoms with Crippen molar-refractivity contribution in [3.63, 3.8) is 0 Å². The van der Waals surface area contributed by atoms with E-state index >= 15 is 0 Å². The van der Waals surface area contributed by atoms with E-state index in [4.69, 9.17) is 9.16 Å². The van der Waals surface area contributed by atoms with E-state index in [0.29, 0.717) is 6.61 Å². The van der Waals surface area contributed by atoms with Gasteiger partial charge in [-0.1, -0.05) is 65.0 Å². The van der Waals surface area contributed by atoms with Crippen LogP contribution in [-0.4, -0.2) is 47.1 Å². The molecule has 192 valence electrons. The van der Waals surface area contributed by atoms with Gasteiger partial charge in [0.15, 0.2) is 14.1 Å². The molecule has 0 unspecified atom stereocenters. The highest BCUT2D eigenvalue weighted by Gasteiger charge is 2.36. The molecule has 0 aliphatic rings. The zero-order valence-electron chi connectivity index (χ0n) is 22.9. The van der Waals surface area contributed by atoms with Crippen LogP contribution >= 0.6 is 11.8 Å². The predicted molar refractivity (Wildman–Crippen MR) is 152 cm³/mol. The minimum Gasteiger partial charge on any atom is -0.462 e. The summed E-state index contributed by atoms with van der Waals surface area (Å²) in [6.07, 6.45) is 4.99. The smallest absolute Gasteiger partial charge is 0.341 e. The van der Waals surface area contributed by atoms with Crippen LogP contribution in [0.4, 0.5) is 0 Å². The summed E-state index contributed by atoms with van der Waals surface area (Å²) >= 11 is 1.77. The molecule has 0 heterocycles. The maximum absolute atomic E-state index is 12.6. The van der Waals surface area contributed by atoms with Crippen LogP contribution in [0.1, 0.15) is 52.5 Å². The summed E-state index contributed by atoms with van der Waals surface area (Å²) in [4.78, 5) is 25.8. The Labute approximate surface area is 214 Å². The van der Waals surface area contributed by atoms with Gasteiger partial charge in [0.2, 0.25) is 0 Å². The Morgan fingerprint density at radius 3 is 2.21 bits per heavy atom. The highest BCUT2D eigenvalue weighted by atomic mass is 32.2. The number of carbonyl (C=O) groups is 2. The number of ketones is 1. The Bertz CT molecular complexity index is 836. The lowest BCUT2D eigenvalue weighted by molar-refractivity contribution is -0.139. The normalized spacial score (nSPS) is 13.1. The fraction of sp³-hybridized carbons (Fsp3) is 0.630. The van der Waals surface area contributed by atoms with Crippen LogP contribution in [0.3, 0.4) is 0 Å². The molecule has 1 aromatic rings. The molecule has 0 bridgehead atoms. The van der Waals surface area contributed by atoms with Crippen LogP contribution in [0.2, 0.25) is 43.8 Å². The van der Waals surface area contributed by atoms with E-state index in [0.717, 1.165) is 48.1 Å². The Balaban J connectivity index is 2.63. The van der Waals surface area contributed by atoms with Crippen molar-refractivity contribution in [3.05, 3.63) is 35.4 Å². The molecule has 0 aliphatic carbocycles. The van der Waals surface area contributed by atoms with Crippen LogP contribution in [-0.2, 0) is 18.8 Å². The molecule has 7 heteroatoms. The summed E-state index contributed by atoms with van der Waals surface area (Å²) in [5.41, 5.74) is 1.01. The molecule has 4 nitrogen and oxygen atoms in total. The van der Waals surface area contributed by atoms with Crippen molar-refractivity contribution >= 4 is 46.0 Å². The van der Waals surface area contributed by atoms with Crippen molar-refractivity contribution in [3.8, 4) is 0 Å². The number of ether oxygens (including phenoxy) is 1. The van der Waals surface area contributed by atoms with E-state index in [1.165, 1.54) is 6.92 Å². The molecule has 0 radical (unpaired) electrons. The van der Waals surface area contributed by atoms with Crippen molar-refractivity contribution in [2.45, 2.75) is 95.7 Å². The molecule has 0 atom stereocenters. The largest absolute Gasteiger partial charge is 0.462 e. The average molecular weight is 523 g/mol. The van der Waals surface area contributed by atoms with Gasteiger partial charge in [-0.25, -0.2) is 4.79 Å². The zero-order chi connectivity index (χ0) is 26.0. The number of carbonyl (C=O) groups excluding carboxylic acids is 2. The van der Waals surface area contributed by atoms with E-state index in [2.05, 4.69) is 53.5 Å². The quantitative estimate of drug-likeness (QED) is 0.0474. The van der Waals surface area contributed by atoms with Gasteiger partial charge in [0.25, 0.3) is 0 Å². The molecule has 0 N–H and O–H groups in total. The second-order valence-electron chi connectivity index (χ2n) is 11.6. The van der Waals surface area contributed by atoms with Crippen LogP contribution in [0, 0.1) is 0 Å². The SMILES string of the molecule is CC(=O)/C(=C/c1ccccc1SCCCCCO[Si](C)(C)C(C)(C)C)C(=O)OCC[Si](C)(C)C. The summed E-state index contributed by atoms with van der Waals surface area (Å²) in [6.45, 7) is 20.7. The summed E-state index contributed by atoms with van der Waals surface area (Å²) in [5.74, 6) is 0.202. The lowest BCUT2D eigenvalue weighted by atomic mass is 10.1. The van der Waals surface area contributed by atoms with Crippen molar-refractivity contribution in [1.82, 2.24) is 0 Å². The fourth-order valence-electron chi connectivity index (χ4n) is 2.83. The van der Waals surface area contributed by atoms with Crippen molar-refractivity contribution in [2.75, 3.05) is 19.0 Å². The number of esters is 1. The highest BCUT2D eigenvalue weighted by molar-refractivity contribution is 7.99. The lowest BCUT2D eigenvalue weighted by Gasteiger charge is -2.36. The second kappa shape index (κ2) is 13.8. The van der Waals surface area contributed by atoms with Gasteiger partial charge in [-0.3, -0.25) is 4.79 Å². The van der Waals surface area contributed by atoms with E-state index < -0.39 is 22.4 Å². The molecule has 0 amide bonds. The van der Waals surface area contributed by atoms with Gasteiger partial charge >= 0.3 is 5.97 Å². The number of hydrogen-bond donors (Lipinski definition) is 0. The Morgan fingerprint density at radius 2 is 1.62 bits per heavy atom. The number of Topliss-reactive ketones (excluding diaryl/α,β-unsaturated/α-hetero) is 1. The monoisotopic (exact) mass is 522 g/mol. The van der Waals surface area contributed by atoms with E-state index in [9.17, 15) is 9.59 Å². The Morgan fingerprint density at radius 1 is 0.971 bits per heavy atom.